The Morgan fingerprint density at radius 1 is 1.30 bits per heavy atom. The Kier molecular flexibility index (Phi) is 3.30. The molecule has 20 heavy (non-hydrogen) atoms. The molecule has 1 aliphatic rings. The van der Waals surface area contributed by atoms with E-state index in [0.717, 1.165) is 28.8 Å². The minimum Gasteiger partial charge on any atom is -0.373 e. The number of rotatable bonds is 5. The second kappa shape index (κ2) is 5.11. The van der Waals surface area contributed by atoms with Crippen LogP contribution in [0.3, 0.4) is 0 Å². The summed E-state index contributed by atoms with van der Waals surface area (Å²) >= 11 is 0. The molecule has 0 aromatic carbocycles. The average molecular weight is 272 g/mol. The Balaban J connectivity index is 1.84. The Morgan fingerprint density at radius 2 is 2.05 bits per heavy atom. The van der Waals surface area contributed by atoms with Crippen LogP contribution in [0.25, 0.3) is 0 Å². The molecule has 2 aromatic rings. The van der Waals surface area contributed by atoms with E-state index in [1.807, 2.05) is 31.8 Å². The first kappa shape index (κ1) is 12.9. The third-order valence-corrected chi connectivity index (χ3v) is 3.68. The molecule has 0 spiro atoms. The molecule has 6 nitrogen and oxygen atoms in total. The Bertz CT molecular complexity index is 614. The molecule has 1 fully saturated rings. The molecule has 2 heterocycles. The molecule has 2 aromatic heterocycles. The number of nitrogens with one attached hydrogen (secondary N) is 2. The van der Waals surface area contributed by atoms with Gasteiger partial charge in [-0.1, -0.05) is 0 Å². The fourth-order valence-electron chi connectivity index (χ4n) is 2.20. The molecular weight excluding hydrogens is 252 g/mol. The first-order valence-electron chi connectivity index (χ1n) is 6.95. The summed E-state index contributed by atoms with van der Waals surface area (Å²) in [5.74, 6) is 4.28. The predicted molar refractivity (Wildman–Crippen MR) is 78.8 cm³/mol. The van der Waals surface area contributed by atoms with Crippen LogP contribution in [0.2, 0.25) is 0 Å². The third kappa shape index (κ3) is 2.45. The van der Waals surface area contributed by atoms with Crippen LogP contribution in [-0.4, -0.2) is 26.6 Å². The molecule has 3 rings (SSSR count). The van der Waals surface area contributed by atoms with Crippen molar-refractivity contribution >= 4 is 11.6 Å². The van der Waals surface area contributed by atoms with E-state index in [1.165, 1.54) is 12.8 Å². The van der Waals surface area contributed by atoms with Gasteiger partial charge < -0.3 is 15.2 Å². The summed E-state index contributed by atoms with van der Waals surface area (Å²) in [6, 6.07) is 0. The van der Waals surface area contributed by atoms with Crippen LogP contribution in [0.1, 0.15) is 36.0 Å². The molecule has 0 bridgehead atoms. The highest BCUT2D eigenvalue weighted by molar-refractivity contribution is 5.57. The lowest BCUT2D eigenvalue weighted by Crippen LogP contribution is -2.11. The topological polar surface area (TPSA) is 67.7 Å². The number of imidazole rings is 1. The SMILES string of the molecule is CNc1nc(C2CC2)nc(NCc2nccn2C)c1C. The van der Waals surface area contributed by atoms with Gasteiger partial charge >= 0.3 is 0 Å². The summed E-state index contributed by atoms with van der Waals surface area (Å²) in [5, 5.41) is 6.53. The smallest absolute Gasteiger partial charge is 0.136 e. The summed E-state index contributed by atoms with van der Waals surface area (Å²) in [7, 11) is 3.89. The van der Waals surface area contributed by atoms with E-state index in [1.54, 1.807) is 6.20 Å². The molecule has 0 saturated heterocycles. The zero-order valence-electron chi connectivity index (χ0n) is 12.1. The predicted octanol–water partition coefficient (Wildman–Crippen LogP) is 2.05. The van der Waals surface area contributed by atoms with Gasteiger partial charge in [0.2, 0.25) is 0 Å². The third-order valence-electron chi connectivity index (χ3n) is 3.68. The largest absolute Gasteiger partial charge is 0.373 e. The molecule has 106 valence electrons. The summed E-state index contributed by atoms with van der Waals surface area (Å²) in [4.78, 5) is 13.6. The molecule has 0 aliphatic heterocycles. The zero-order chi connectivity index (χ0) is 14.1. The summed E-state index contributed by atoms with van der Waals surface area (Å²) in [5.41, 5.74) is 1.05. The molecule has 0 unspecified atom stereocenters. The maximum atomic E-state index is 4.67. The van der Waals surface area contributed by atoms with Crippen LogP contribution in [0.4, 0.5) is 11.6 Å². The van der Waals surface area contributed by atoms with Gasteiger partial charge in [-0.25, -0.2) is 15.0 Å². The van der Waals surface area contributed by atoms with Crippen molar-refractivity contribution in [3.05, 3.63) is 29.6 Å². The van der Waals surface area contributed by atoms with E-state index in [-0.39, 0.29) is 0 Å². The van der Waals surface area contributed by atoms with Crippen molar-refractivity contribution in [2.24, 2.45) is 7.05 Å². The van der Waals surface area contributed by atoms with Gasteiger partial charge in [0.05, 0.1) is 6.54 Å². The molecule has 0 radical (unpaired) electrons. The maximum absolute atomic E-state index is 4.67. The lowest BCUT2D eigenvalue weighted by molar-refractivity contribution is 0.807. The maximum Gasteiger partial charge on any atom is 0.136 e. The lowest BCUT2D eigenvalue weighted by Gasteiger charge is -2.13. The minimum atomic E-state index is 0.538. The summed E-state index contributed by atoms with van der Waals surface area (Å²) in [6.45, 7) is 2.69. The van der Waals surface area contributed by atoms with Crippen LogP contribution >= 0.6 is 0 Å². The second-order valence-electron chi connectivity index (χ2n) is 5.24. The van der Waals surface area contributed by atoms with Crippen LogP contribution < -0.4 is 10.6 Å². The van der Waals surface area contributed by atoms with Crippen LogP contribution in [0.5, 0.6) is 0 Å². The van der Waals surface area contributed by atoms with Crippen molar-refractivity contribution in [3.63, 3.8) is 0 Å². The van der Waals surface area contributed by atoms with Gasteiger partial charge in [0.25, 0.3) is 0 Å². The second-order valence-corrected chi connectivity index (χ2v) is 5.24. The molecule has 0 atom stereocenters. The van der Waals surface area contributed by atoms with E-state index >= 15 is 0 Å². The number of hydrogen-bond donors (Lipinski definition) is 2. The fraction of sp³-hybridized carbons (Fsp3) is 0.500. The Labute approximate surface area is 118 Å². The van der Waals surface area contributed by atoms with Gasteiger partial charge in [0.1, 0.15) is 23.3 Å². The minimum absolute atomic E-state index is 0.538. The van der Waals surface area contributed by atoms with Crippen LogP contribution in [-0.2, 0) is 13.6 Å². The van der Waals surface area contributed by atoms with Gasteiger partial charge in [0, 0.05) is 38.0 Å². The van der Waals surface area contributed by atoms with E-state index in [9.17, 15) is 0 Å². The van der Waals surface area contributed by atoms with Gasteiger partial charge in [-0.05, 0) is 19.8 Å². The monoisotopic (exact) mass is 272 g/mol. The van der Waals surface area contributed by atoms with Crippen molar-refractivity contribution < 1.29 is 0 Å². The number of anilines is 2. The number of nitrogens with zero attached hydrogens (tertiary/aromatic N) is 4. The lowest BCUT2D eigenvalue weighted by atomic mass is 10.2. The van der Waals surface area contributed by atoms with Gasteiger partial charge in [-0.3, -0.25) is 0 Å². The first-order chi connectivity index (χ1) is 9.69. The summed E-state index contributed by atoms with van der Waals surface area (Å²) in [6.07, 6.45) is 6.15. The quantitative estimate of drug-likeness (QED) is 0.872. The number of aromatic nitrogens is 4. The molecule has 0 amide bonds. The van der Waals surface area contributed by atoms with Crippen molar-refractivity contribution in [1.29, 1.82) is 0 Å². The Morgan fingerprint density at radius 3 is 2.65 bits per heavy atom. The highest BCUT2D eigenvalue weighted by Crippen LogP contribution is 2.39. The van der Waals surface area contributed by atoms with Crippen molar-refractivity contribution in [2.75, 3.05) is 17.7 Å². The first-order valence-corrected chi connectivity index (χ1v) is 6.95. The van der Waals surface area contributed by atoms with E-state index in [2.05, 4.69) is 25.6 Å². The highest BCUT2D eigenvalue weighted by Gasteiger charge is 2.28. The van der Waals surface area contributed by atoms with E-state index < -0.39 is 0 Å². The average Bonchev–Trinajstić information content (AvgIpc) is 3.21. The van der Waals surface area contributed by atoms with Gasteiger partial charge in [0.15, 0.2) is 0 Å². The Hall–Kier alpha value is -2.11. The molecule has 1 saturated carbocycles. The zero-order valence-corrected chi connectivity index (χ0v) is 12.1. The number of hydrogen-bond acceptors (Lipinski definition) is 5. The highest BCUT2D eigenvalue weighted by atomic mass is 15.1. The van der Waals surface area contributed by atoms with Gasteiger partial charge in [-0.2, -0.15) is 0 Å². The molecule has 6 heteroatoms. The fourth-order valence-corrected chi connectivity index (χ4v) is 2.20. The standard InChI is InChI=1S/C14H20N6/c1-9-12(15-2)18-14(10-4-5-10)19-13(9)17-8-11-16-6-7-20(11)3/h6-7,10H,4-5,8H2,1-3H3,(H2,15,17,18,19). The van der Waals surface area contributed by atoms with Crippen molar-refractivity contribution in [1.82, 2.24) is 19.5 Å². The van der Waals surface area contributed by atoms with E-state index in [0.29, 0.717) is 12.5 Å². The molecular formula is C14H20N6. The molecule has 1 aliphatic carbocycles. The van der Waals surface area contributed by atoms with Gasteiger partial charge in [-0.15, -0.1) is 0 Å². The van der Waals surface area contributed by atoms with Crippen molar-refractivity contribution in [3.8, 4) is 0 Å². The normalized spacial score (nSPS) is 14.3. The summed E-state index contributed by atoms with van der Waals surface area (Å²) < 4.78 is 2.00. The van der Waals surface area contributed by atoms with Crippen LogP contribution in [0.15, 0.2) is 12.4 Å². The van der Waals surface area contributed by atoms with E-state index in [4.69, 9.17) is 0 Å². The molecule has 2 N–H and O–H groups in total. The number of aryl methyl sites for hydroxylation is 1. The van der Waals surface area contributed by atoms with Crippen molar-refractivity contribution in [2.45, 2.75) is 32.2 Å². The van der Waals surface area contributed by atoms with Crippen LogP contribution in [0, 0.1) is 6.92 Å².